The standard InChI is InChI=1S/C21H24N2O2.ClH/c24-14-15-1-3-16(4-2-15)17-5-7-19(8-6-17)22-21(25)20-13-23-11-9-18(20)10-12-23;/h1-8,18,20,24H,9-14H2,(H,22,25);1H. The second kappa shape index (κ2) is 8.21. The molecule has 4 nitrogen and oxygen atoms in total. The van der Waals surface area contributed by atoms with E-state index in [1.807, 2.05) is 48.5 Å². The van der Waals surface area contributed by atoms with Gasteiger partial charge in [-0.15, -0.1) is 12.4 Å². The summed E-state index contributed by atoms with van der Waals surface area (Å²) in [5.74, 6) is 0.844. The lowest BCUT2D eigenvalue weighted by atomic mass is 9.78. The van der Waals surface area contributed by atoms with Crippen molar-refractivity contribution in [2.24, 2.45) is 11.8 Å². The fourth-order valence-corrected chi connectivity index (χ4v) is 4.05. The molecule has 0 radical (unpaired) electrons. The molecule has 3 fully saturated rings. The molecule has 0 aromatic heterocycles. The zero-order valence-electron chi connectivity index (χ0n) is 14.7. The number of benzene rings is 2. The molecule has 0 spiro atoms. The third-order valence-corrected chi connectivity index (χ3v) is 5.62. The second-order valence-corrected chi connectivity index (χ2v) is 7.17. The number of rotatable bonds is 4. The average molecular weight is 373 g/mol. The Labute approximate surface area is 160 Å². The lowest BCUT2D eigenvalue weighted by Gasteiger charge is -2.43. The Kier molecular flexibility index (Phi) is 5.97. The Morgan fingerprint density at radius 3 is 2.08 bits per heavy atom. The second-order valence-electron chi connectivity index (χ2n) is 7.17. The highest BCUT2D eigenvalue weighted by Gasteiger charge is 2.38. The van der Waals surface area contributed by atoms with Gasteiger partial charge in [0.2, 0.25) is 5.91 Å². The minimum absolute atomic E-state index is 0. The summed E-state index contributed by atoms with van der Waals surface area (Å²) in [4.78, 5) is 15.0. The summed E-state index contributed by atoms with van der Waals surface area (Å²) in [7, 11) is 0. The normalized spacial score (nSPS) is 24.0. The van der Waals surface area contributed by atoms with Gasteiger partial charge in [-0.3, -0.25) is 4.79 Å². The predicted octanol–water partition coefficient (Wildman–Crippen LogP) is 3.55. The summed E-state index contributed by atoms with van der Waals surface area (Å²) < 4.78 is 0. The van der Waals surface area contributed by atoms with Crippen LogP contribution in [0.5, 0.6) is 0 Å². The van der Waals surface area contributed by atoms with Crippen molar-refractivity contribution in [2.45, 2.75) is 19.4 Å². The number of fused-ring (bicyclic) bond motifs is 3. The minimum atomic E-state index is 0. The van der Waals surface area contributed by atoms with Crippen molar-refractivity contribution >= 4 is 24.0 Å². The molecule has 3 aliphatic heterocycles. The van der Waals surface area contributed by atoms with Gasteiger partial charge in [-0.1, -0.05) is 36.4 Å². The monoisotopic (exact) mass is 372 g/mol. The van der Waals surface area contributed by atoms with Crippen LogP contribution in [0.25, 0.3) is 11.1 Å². The number of aliphatic hydroxyl groups is 1. The number of nitrogens with zero attached hydrogens (tertiary/aromatic N) is 1. The van der Waals surface area contributed by atoms with E-state index in [-0.39, 0.29) is 30.8 Å². The number of hydrogen-bond acceptors (Lipinski definition) is 3. The van der Waals surface area contributed by atoms with Gasteiger partial charge in [0.1, 0.15) is 0 Å². The lowest BCUT2D eigenvalue weighted by Crippen LogP contribution is -2.51. The average Bonchev–Trinajstić information content (AvgIpc) is 2.69. The molecule has 2 aromatic carbocycles. The highest BCUT2D eigenvalue weighted by atomic mass is 35.5. The number of piperidine rings is 3. The summed E-state index contributed by atoms with van der Waals surface area (Å²) in [5, 5.41) is 12.2. The van der Waals surface area contributed by atoms with Crippen LogP contribution in [0.3, 0.4) is 0 Å². The van der Waals surface area contributed by atoms with Gasteiger partial charge < -0.3 is 15.3 Å². The Morgan fingerprint density at radius 1 is 1.00 bits per heavy atom. The molecule has 2 bridgehead atoms. The van der Waals surface area contributed by atoms with E-state index in [1.54, 1.807) is 0 Å². The van der Waals surface area contributed by atoms with Crippen LogP contribution in [0, 0.1) is 11.8 Å². The number of anilines is 1. The molecule has 1 amide bonds. The molecule has 138 valence electrons. The van der Waals surface area contributed by atoms with E-state index in [0.717, 1.165) is 54.9 Å². The van der Waals surface area contributed by atoms with E-state index in [4.69, 9.17) is 5.11 Å². The van der Waals surface area contributed by atoms with Gasteiger partial charge in [0.05, 0.1) is 12.5 Å². The van der Waals surface area contributed by atoms with Crippen LogP contribution in [0.15, 0.2) is 48.5 Å². The van der Waals surface area contributed by atoms with Gasteiger partial charge in [-0.25, -0.2) is 0 Å². The van der Waals surface area contributed by atoms with Gasteiger partial charge in [-0.05, 0) is 60.7 Å². The third-order valence-electron chi connectivity index (χ3n) is 5.62. The SMILES string of the molecule is Cl.O=C(Nc1ccc(-c2ccc(CO)cc2)cc1)C1CN2CCC1CC2. The van der Waals surface area contributed by atoms with Crippen LogP contribution in [-0.2, 0) is 11.4 Å². The van der Waals surface area contributed by atoms with Crippen LogP contribution in [0.1, 0.15) is 18.4 Å². The molecule has 2 aromatic rings. The zero-order valence-corrected chi connectivity index (χ0v) is 15.5. The van der Waals surface area contributed by atoms with Crippen LogP contribution < -0.4 is 5.32 Å². The molecule has 3 saturated heterocycles. The zero-order chi connectivity index (χ0) is 17.2. The van der Waals surface area contributed by atoms with Crippen molar-refractivity contribution in [3.8, 4) is 11.1 Å². The maximum Gasteiger partial charge on any atom is 0.229 e. The van der Waals surface area contributed by atoms with Crippen molar-refractivity contribution in [3.63, 3.8) is 0 Å². The van der Waals surface area contributed by atoms with Gasteiger partial charge in [0.25, 0.3) is 0 Å². The van der Waals surface area contributed by atoms with E-state index in [1.165, 1.54) is 0 Å². The summed E-state index contributed by atoms with van der Waals surface area (Å²) in [5.41, 5.74) is 3.97. The predicted molar refractivity (Wildman–Crippen MR) is 106 cm³/mol. The molecule has 0 saturated carbocycles. The summed E-state index contributed by atoms with van der Waals surface area (Å²) in [6, 6.07) is 15.9. The van der Waals surface area contributed by atoms with E-state index in [0.29, 0.717) is 5.92 Å². The minimum Gasteiger partial charge on any atom is -0.392 e. The van der Waals surface area contributed by atoms with Crippen LogP contribution in [-0.4, -0.2) is 35.5 Å². The maximum absolute atomic E-state index is 12.6. The van der Waals surface area contributed by atoms with E-state index in [9.17, 15) is 4.79 Å². The molecular weight excluding hydrogens is 348 g/mol. The first-order valence-electron chi connectivity index (χ1n) is 9.06. The number of aliphatic hydroxyl groups excluding tert-OH is 1. The first kappa shape index (κ1) is 18.9. The number of amides is 1. The Morgan fingerprint density at radius 2 is 1.58 bits per heavy atom. The van der Waals surface area contributed by atoms with Gasteiger partial charge in [-0.2, -0.15) is 0 Å². The molecule has 5 rings (SSSR count). The summed E-state index contributed by atoms with van der Waals surface area (Å²) >= 11 is 0. The van der Waals surface area contributed by atoms with Crippen molar-refractivity contribution in [3.05, 3.63) is 54.1 Å². The van der Waals surface area contributed by atoms with Crippen molar-refractivity contribution < 1.29 is 9.90 Å². The highest BCUT2D eigenvalue weighted by Crippen LogP contribution is 2.33. The van der Waals surface area contributed by atoms with Crippen LogP contribution in [0.2, 0.25) is 0 Å². The number of carbonyl (C=O) groups is 1. The number of halogens is 1. The molecular formula is C21H25ClN2O2. The molecule has 3 aliphatic rings. The van der Waals surface area contributed by atoms with Crippen LogP contribution in [0.4, 0.5) is 5.69 Å². The van der Waals surface area contributed by atoms with E-state index in [2.05, 4.69) is 10.2 Å². The maximum atomic E-state index is 12.6. The Hall–Kier alpha value is -1.88. The smallest absolute Gasteiger partial charge is 0.229 e. The van der Waals surface area contributed by atoms with E-state index >= 15 is 0 Å². The first-order valence-corrected chi connectivity index (χ1v) is 9.06. The Bertz CT molecular complexity index is 738. The fourth-order valence-electron chi connectivity index (χ4n) is 4.05. The van der Waals surface area contributed by atoms with Gasteiger partial charge in [0, 0.05) is 12.2 Å². The largest absolute Gasteiger partial charge is 0.392 e. The molecule has 5 heteroatoms. The van der Waals surface area contributed by atoms with Crippen molar-refractivity contribution in [1.82, 2.24) is 4.90 Å². The van der Waals surface area contributed by atoms with Gasteiger partial charge >= 0.3 is 0 Å². The van der Waals surface area contributed by atoms with Crippen molar-refractivity contribution in [2.75, 3.05) is 25.0 Å². The molecule has 3 heterocycles. The summed E-state index contributed by atoms with van der Waals surface area (Å²) in [6.07, 6.45) is 2.31. The number of carbonyl (C=O) groups excluding carboxylic acids is 1. The quantitative estimate of drug-likeness (QED) is 0.863. The van der Waals surface area contributed by atoms with Crippen LogP contribution >= 0.6 is 12.4 Å². The topological polar surface area (TPSA) is 52.6 Å². The number of hydrogen-bond donors (Lipinski definition) is 2. The molecule has 1 atom stereocenters. The number of nitrogens with one attached hydrogen (secondary N) is 1. The summed E-state index contributed by atoms with van der Waals surface area (Å²) in [6.45, 7) is 3.27. The fraction of sp³-hybridized carbons (Fsp3) is 0.381. The van der Waals surface area contributed by atoms with E-state index < -0.39 is 0 Å². The Balaban J connectivity index is 0.00000196. The molecule has 0 aliphatic carbocycles. The lowest BCUT2D eigenvalue weighted by molar-refractivity contribution is -0.125. The third kappa shape index (κ3) is 3.93. The molecule has 1 unspecified atom stereocenters. The first-order chi connectivity index (χ1) is 12.2. The molecule has 2 N–H and O–H groups in total. The molecule has 26 heavy (non-hydrogen) atoms. The highest BCUT2D eigenvalue weighted by molar-refractivity contribution is 5.93. The van der Waals surface area contributed by atoms with Gasteiger partial charge in [0.15, 0.2) is 0 Å². The van der Waals surface area contributed by atoms with Crippen molar-refractivity contribution in [1.29, 1.82) is 0 Å².